The van der Waals surface area contributed by atoms with Gasteiger partial charge < -0.3 is 39.0 Å². The molecular weight excluding hydrogens is 797 g/mol. The number of likely N-dealkylation sites (N-methyl/N-ethyl adjacent to an activating group) is 2. The molecule has 4 aliphatic rings. The third kappa shape index (κ3) is 12.2. The molecule has 62 heavy (non-hydrogen) atoms. The molecule has 2 heterocycles. The number of nitrogens with zero attached hydrogens (tertiary/aromatic N) is 4. The molecule has 2 saturated carbocycles. The molecule has 2 aromatic carbocycles. The van der Waals surface area contributed by atoms with Crippen LogP contribution in [-0.2, 0) is 30.0 Å². The van der Waals surface area contributed by atoms with Gasteiger partial charge in [-0.15, -0.1) is 0 Å². The number of hydrogen-bond donors (Lipinski definition) is 4. The van der Waals surface area contributed by atoms with Crippen LogP contribution in [0.25, 0.3) is 0 Å². The molecule has 0 aromatic heterocycles. The summed E-state index contributed by atoms with van der Waals surface area (Å²) in [5, 5.41) is 25.3. The predicted octanol–water partition coefficient (Wildman–Crippen LogP) is 5.85. The summed E-state index contributed by atoms with van der Waals surface area (Å²) in [5.74, 6) is 1.25. The summed E-state index contributed by atoms with van der Waals surface area (Å²) < 4.78 is 21.9. The third-order valence-corrected chi connectivity index (χ3v) is 13.0. The van der Waals surface area contributed by atoms with Crippen LogP contribution in [0.3, 0.4) is 0 Å². The van der Waals surface area contributed by atoms with Gasteiger partial charge in [0.05, 0.1) is 28.4 Å². The molecule has 4 N–H and O–H groups in total. The molecule has 0 radical (unpaired) electrons. The molecule has 4 fully saturated rings. The molecule has 16 nitrogen and oxygen atoms in total. The number of benzene rings is 2. The Labute approximate surface area is 366 Å². The summed E-state index contributed by atoms with van der Waals surface area (Å²) in [6.45, 7) is 7.23. The highest BCUT2D eigenvalue weighted by molar-refractivity contribution is 5.88. The SMILES string of the molecule is CC(=O)O.COc1ccc(C23CC/C(=N\NC(=O)CC(CC(=O)O)CC(C)C)CC2N(C)CC3)cc1OC.COc1ccc(C23CC/C(=N\NC=O)CC2N(C)CC3)cc1OC. The summed E-state index contributed by atoms with van der Waals surface area (Å²) in [4.78, 5) is 48.0. The predicted molar refractivity (Wildman–Crippen MR) is 238 cm³/mol. The van der Waals surface area contributed by atoms with E-state index in [4.69, 9.17) is 34.0 Å². The monoisotopic (exact) mass is 864 g/mol. The largest absolute Gasteiger partial charge is 0.493 e. The number of nitrogens with one attached hydrogen (secondary N) is 2. The first-order valence-corrected chi connectivity index (χ1v) is 21.4. The van der Waals surface area contributed by atoms with Gasteiger partial charge in [0.25, 0.3) is 5.97 Å². The molecule has 5 atom stereocenters. The van der Waals surface area contributed by atoms with E-state index in [0.717, 1.165) is 106 Å². The first kappa shape index (κ1) is 49.4. The van der Waals surface area contributed by atoms with E-state index >= 15 is 0 Å². The first-order chi connectivity index (χ1) is 29.6. The Morgan fingerprint density at radius 1 is 0.758 bits per heavy atom. The maximum atomic E-state index is 12.5. The summed E-state index contributed by atoms with van der Waals surface area (Å²) in [6, 6.07) is 13.2. The van der Waals surface area contributed by atoms with Crippen LogP contribution in [0.4, 0.5) is 0 Å². The van der Waals surface area contributed by atoms with Crippen LogP contribution in [0.2, 0.25) is 0 Å². The van der Waals surface area contributed by atoms with Crippen molar-refractivity contribution in [3.8, 4) is 23.0 Å². The van der Waals surface area contributed by atoms with Gasteiger partial charge in [0.15, 0.2) is 23.0 Å². The maximum absolute atomic E-state index is 12.5. The lowest BCUT2D eigenvalue weighted by Gasteiger charge is -2.42. The highest BCUT2D eigenvalue weighted by atomic mass is 16.5. The Hall–Kier alpha value is -5.22. The highest BCUT2D eigenvalue weighted by Gasteiger charge is 2.51. The van der Waals surface area contributed by atoms with Crippen LogP contribution in [-0.4, -0.2) is 123 Å². The lowest BCUT2D eigenvalue weighted by atomic mass is 9.65. The fourth-order valence-corrected chi connectivity index (χ4v) is 10.1. The molecular formula is C46H68N6O10. The summed E-state index contributed by atoms with van der Waals surface area (Å²) >= 11 is 0. The number of hydrogen-bond acceptors (Lipinski definition) is 12. The standard InChI is InChI=1S/C26H39N3O5.C18H25N3O3.C2H4O2/c1-17(2)12-18(14-25(31)32)13-24(30)28-27-20-8-9-26(10-11-29(3)23(26)16-20)19-6-7-21(33-4)22(15-19)34-5;1-21-9-8-18(7-6-14(11-17(18)21)20-19-12-22)13-4-5-15(23-2)16(10-13)24-3;1-2(3)4/h6-7,15,17-18,23H,8-14,16H2,1-5H3,(H,28,30)(H,31,32);4-5,10,12,17H,6-9,11H2,1-3H3,(H,19,22);1H3,(H,3,4)/b27-20+;20-14+;. The number of hydrazone groups is 2. The van der Waals surface area contributed by atoms with Gasteiger partial charge in [-0.05, 0) is 119 Å². The van der Waals surface area contributed by atoms with Gasteiger partial charge in [-0.2, -0.15) is 10.2 Å². The van der Waals surface area contributed by atoms with Crippen LogP contribution in [0.15, 0.2) is 46.6 Å². The van der Waals surface area contributed by atoms with Crippen molar-refractivity contribution in [2.75, 3.05) is 55.6 Å². The summed E-state index contributed by atoms with van der Waals surface area (Å²) in [5.41, 5.74) is 9.90. The zero-order valence-electron chi connectivity index (χ0n) is 38.0. The number of ether oxygens (including phenoxy) is 4. The van der Waals surface area contributed by atoms with Crippen LogP contribution < -0.4 is 29.8 Å². The van der Waals surface area contributed by atoms with Gasteiger partial charge in [-0.25, -0.2) is 10.9 Å². The zero-order valence-corrected chi connectivity index (χ0v) is 38.0. The van der Waals surface area contributed by atoms with Gasteiger partial charge in [0.2, 0.25) is 12.3 Å². The van der Waals surface area contributed by atoms with Gasteiger partial charge >= 0.3 is 5.97 Å². The van der Waals surface area contributed by atoms with Crippen LogP contribution >= 0.6 is 0 Å². The molecule has 0 bridgehead atoms. The van der Waals surface area contributed by atoms with Crippen molar-refractivity contribution in [2.24, 2.45) is 22.0 Å². The van der Waals surface area contributed by atoms with Crippen molar-refractivity contribution < 1.29 is 48.3 Å². The van der Waals surface area contributed by atoms with Crippen molar-refractivity contribution in [2.45, 2.75) is 114 Å². The Morgan fingerprint density at radius 2 is 1.21 bits per heavy atom. The zero-order chi connectivity index (χ0) is 45.6. The number of fused-ring (bicyclic) bond motifs is 2. The average molecular weight is 865 g/mol. The smallest absolute Gasteiger partial charge is 0.303 e. The van der Waals surface area contributed by atoms with Gasteiger partial charge in [-0.3, -0.25) is 19.2 Å². The topological polar surface area (TPSA) is 201 Å². The van der Waals surface area contributed by atoms with Crippen molar-refractivity contribution in [3.05, 3.63) is 47.5 Å². The Bertz CT molecular complexity index is 1920. The molecule has 6 rings (SSSR count). The molecule has 2 amide bonds. The fourth-order valence-electron chi connectivity index (χ4n) is 10.1. The lowest BCUT2D eigenvalue weighted by molar-refractivity contribution is -0.138. The lowest BCUT2D eigenvalue weighted by Crippen LogP contribution is -2.46. The van der Waals surface area contributed by atoms with E-state index < -0.39 is 11.9 Å². The number of carbonyl (C=O) groups excluding carboxylic acids is 2. The summed E-state index contributed by atoms with van der Waals surface area (Å²) in [7, 11) is 11.0. The number of aliphatic carboxylic acids is 2. The second-order valence-electron chi connectivity index (χ2n) is 17.3. The third-order valence-electron chi connectivity index (χ3n) is 13.0. The highest BCUT2D eigenvalue weighted by Crippen LogP contribution is 2.50. The van der Waals surface area contributed by atoms with Crippen LogP contribution in [0, 0.1) is 11.8 Å². The second kappa shape index (κ2) is 22.7. The molecule has 2 aliphatic heterocycles. The van der Waals surface area contributed by atoms with E-state index in [2.05, 4.69) is 69.2 Å². The van der Waals surface area contributed by atoms with Crippen LogP contribution in [0.1, 0.15) is 103 Å². The van der Waals surface area contributed by atoms with Gasteiger partial charge in [0, 0.05) is 66.9 Å². The molecule has 2 aromatic rings. The minimum atomic E-state index is -0.868. The number of likely N-dealkylation sites (tertiary alicyclic amines) is 2. The van der Waals surface area contributed by atoms with Crippen molar-refractivity contribution in [1.29, 1.82) is 0 Å². The Kier molecular flexibility index (Phi) is 18.1. The van der Waals surface area contributed by atoms with E-state index in [0.29, 0.717) is 24.8 Å². The van der Waals surface area contributed by atoms with Gasteiger partial charge in [-0.1, -0.05) is 26.0 Å². The van der Waals surface area contributed by atoms with E-state index in [1.54, 1.807) is 28.4 Å². The number of carboxylic acids is 2. The van der Waals surface area contributed by atoms with Gasteiger partial charge in [0.1, 0.15) is 0 Å². The van der Waals surface area contributed by atoms with Crippen molar-refractivity contribution >= 4 is 35.7 Å². The number of methoxy groups -OCH3 is 4. The quantitative estimate of drug-likeness (QED) is 0.123. The molecule has 342 valence electrons. The normalized spacial score (nSPS) is 24.9. The Balaban J connectivity index is 0.000000263. The van der Waals surface area contributed by atoms with E-state index in [1.807, 2.05) is 26.0 Å². The number of amides is 2. The summed E-state index contributed by atoms with van der Waals surface area (Å²) in [6.07, 6.45) is 9.05. The molecule has 2 aliphatic carbocycles. The van der Waals surface area contributed by atoms with E-state index in [-0.39, 0.29) is 41.5 Å². The molecule has 5 unspecified atom stereocenters. The molecule has 2 saturated heterocycles. The van der Waals surface area contributed by atoms with Crippen molar-refractivity contribution in [1.82, 2.24) is 20.7 Å². The van der Waals surface area contributed by atoms with Crippen LogP contribution in [0.5, 0.6) is 23.0 Å². The minimum Gasteiger partial charge on any atom is -0.493 e. The first-order valence-electron chi connectivity index (χ1n) is 21.4. The minimum absolute atomic E-state index is 0.00286. The number of rotatable bonds is 15. The fraction of sp³-hybridized carbons (Fsp3) is 0.609. The van der Waals surface area contributed by atoms with E-state index in [1.165, 1.54) is 11.1 Å². The number of carboxylic acid groups (broad SMARTS) is 2. The average Bonchev–Trinajstić information content (AvgIpc) is 3.77. The van der Waals surface area contributed by atoms with Crippen molar-refractivity contribution in [3.63, 3.8) is 0 Å². The molecule has 0 spiro atoms. The Morgan fingerprint density at radius 3 is 1.61 bits per heavy atom. The molecule has 16 heteroatoms. The maximum Gasteiger partial charge on any atom is 0.303 e. The van der Waals surface area contributed by atoms with E-state index in [9.17, 15) is 14.4 Å². The number of carbonyl (C=O) groups is 4. The second-order valence-corrected chi connectivity index (χ2v) is 17.3.